The molecule has 0 aromatic carbocycles. The Balaban J connectivity index is 1.94. The molecular weight excluding hydrogens is 282 g/mol. The number of amides is 1. The highest BCUT2D eigenvalue weighted by atomic mass is 16.4. The number of nitrogens with zero attached hydrogens (tertiary/aromatic N) is 3. The molecule has 2 aliphatic heterocycles. The molecule has 3 atom stereocenters. The van der Waals surface area contributed by atoms with Gasteiger partial charge in [0.15, 0.2) is 0 Å². The largest absolute Gasteiger partial charge is 0.481 e. The van der Waals surface area contributed by atoms with Gasteiger partial charge in [-0.05, 0) is 32.1 Å². The van der Waals surface area contributed by atoms with Crippen molar-refractivity contribution >= 4 is 11.9 Å². The van der Waals surface area contributed by atoms with Crippen molar-refractivity contribution in [3.05, 3.63) is 23.3 Å². The third-order valence-corrected chi connectivity index (χ3v) is 4.80. The smallest absolute Gasteiger partial charge is 0.308 e. The first-order chi connectivity index (χ1) is 10.4. The number of rotatable bonds is 3. The van der Waals surface area contributed by atoms with Crippen molar-refractivity contribution in [1.29, 1.82) is 0 Å². The molecule has 1 aromatic heterocycles. The molecular formula is C16H21N3O3. The molecule has 3 rings (SSSR count). The van der Waals surface area contributed by atoms with E-state index in [0.29, 0.717) is 17.8 Å². The Labute approximate surface area is 129 Å². The number of aliphatic carboxylic acids is 1. The van der Waals surface area contributed by atoms with E-state index in [-0.39, 0.29) is 23.9 Å². The Morgan fingerprint density at radius 1 is 1.36 bits per heavy atom. The summed E-state index contributed by atoms with van der Waals surface area (Å²) in [6.45, 7) is 5.80. The van der Waals surface area contributed by atoms with Gasteiger partial charge in [-0.25, -0.2) is 9.97 Å². The van der Waals surface area contributed by atoms with E-state index in [4.69, 9.17) is 0 Å². The van der Waals surface area contributed by atoms with E-state index < -0.39 is 11.9 Å². The molecule has 2 bridgehead atoms. The van der Waals surface area contributed by atoms with Crippen LogP contribution in [0.2, 0.25) is 0 Å². The molecule has 2 saturated heterocycles. The lowest BCUT2D eigenvalue weighted by atomic mass is 9.89. The number of carbonyl (C=O) groups is 2. The van der Waals surface area contributed by atoms with Gasteiger partial charge in [0.2, 0.25) is 0 Å². The summed E-state index contributed by atoms with van der Waals surface area (Å²) < 4.78 is 0. The van der Waals surface area contributed by atoms with Gasteiger partial charge in [0.25, 0.3) is 5.91 Å². The van der Waals surface area contributed by atoms with Crippen LogP contribution >= 0.6 is 0 Å². The van der Waals surface area contributed by atoms with Crippen molar-refractivity contribution in [2.24, 2.45) is 5.92 Å². The lowest BCUT2D eigenvalue weighted by Gasteiger charge is -2.24. The maximum atomic E-state index is 13.0. The molecule has 6 nitrogen and oxygen atoms in total. The van der Waals surface area contributed by atoms with E-state index in [1.807, 2.05) is 13.8 Å². The predicted octanol–water partition coefficient (Wildman–Crippen LogP) is 1.99. The van der Waals surface area contributed by atoms with Gasteiger partial charge in [0.1, 0.15) is 5.82 Å². The minimum atomic E-state index is -0.797. The molecule has 1 N–H and O–H groups in total. The van der Waals surface area contributed by atoms with E-state index in [1.165, 1.54) is 0 Å². The molecule has 3 unspecified atom stereocenters. The van der Waals surface area contributed by atoms with E-state index in [0.717, 1.165) is 18.5 Å². The number of fused-ring (bicyclic) bond motifs is 2. The summed E-state index contributed by atoms with van der Waals surface area (Å²) in [5.74, 6) is -0.574. The Hall–Kier alpha value is -1.98. The molecule has 2 fully saturated rings. The number of hydrogen-bond donors (Lipinski definition) is 1. The second-order valence-corrected chi connectivity index (χ2v) is 6.56. The van der Waals surface area contributed by atoms with Crippen molar-refractivity contribution in [2.45, 2.75) is 58.0 Å². The monoisotopic (exact) mass is 303 g/mol. The van der Waals surface area contributed by atoms with Gasteiger partial charge < -0.3 is 10.0 Å². The summed E-state index contributed by atoms with van der Waals surface area (Å²) in [4.78, 5) is 34.7. The number of aryl methyl sites for hydroxylation is 1. The summed E-state index contributed by atoms with van der Waals surface area (Å²) in [6, 6.07) is -0.142. The molecule has 0 saturated carbocycles. The van der Waals surface area contributed by atoms with Crippen LogP contribution in [0.1, 0.15) is 60.9 Å². The highest BCUT2D eigenvalue weighted by molar-refractivity contribution is 5.96. The summed E-state index contributed by atoms with van der Waals surface area (Å²) >= 11 is 0. The predicted molar refractivity (Wildman–Crippen MR) is 79.6 cm³/mol. The Morgan fingerprint density at radius 3 is 2.68 bits per heavy atom. The molecule has 22 heavy (non-hydrogen) atoms. The van der Waals surface area contributed by atoms with Gasteiger partial charge in [-0.3, -0.25) is 9.59 Å². The summed E-state index contributed by atoms with van der Waals surface area (Å²) in [5.41, 5.74) is 1.26. The standard InChI is InChI=1S/C16H21N3O3/c1-8(2)14-12(7-17-9(3)18-14)15(20)19-10-4-5-13(19)11(6-10)16(21)22/h7-8,10-11,13H,4-6H2,1-3H3,(H,21,22). The number of carbonyl (C=O) groups excluding carboxylic acids is 1. The van der Waals surface area contributed by atoms with Gasteiger partial charge in [-0.15, -0.1) is 0 Å². The van der Waals surface area contributed by atoms with Crippen LogP contribution in [0.4, 0.5) is 0 Å². The molecule has 1 amide bonds. The van der Waals surface area contributed by atoms with E-state index in [9.17, 15) is 14.7 Å². The topological polar surface area (TPSA) is 83.4 Å². The highest BCUT2D eigenvalue weighted by Gasteiger charge is 2.51. The third kappa shape index (κ3) is 2.26. The fourth-order valence-corrected chi connectivity index (χ4v) is 3.80. The van der Waals surface area contributed by atoms with Crippen LogP contribution in [0.15, 0.2) is 6.20 Å². The van der Waals surface area contributed by atoms with Gasteiger partial charge >= 0.3 is 5.97 Å². The summed E-state index contributed by atoms with van der Waals surface area (Å²) in [6.07, 6.45) is 3.82. The average Bonchev–Trinajstić information content (AvgIpc) is 3.04. The van der Waals surface area contributed by atoms with E-state index in [1.54, 1.807) is 18.0 Å². The number of hydrogen-bond acceptors (Lipinski definition) is 4. The Bertz CT molecular complexity index is 629. The van der Waals surface area contributed by atoms with Crippen LogP contribution in [-0.2, 0) is 4.79 Å². The van der Waals surface area contributed by atoms with Crippen LogP contribution in [0.3, 0.4) is 0 Å². The van der Waals surface area contributed by atoms with Crippen molar-refractivity contribution in [1.82, 2.24) is 14.9 Å². The second-order valence-electron chi connectivity index (χ2n) is 6.56. The normalized spacial score (nSPS) is 26.7. The van der Waals surface area contributed by atoms with Crippen molar-refractivity contribution < 1.29 is 14.7 Å². The molecule has 6 heteroatoms. The van der Waals surface area contributed by atoms with Crippen LogP contribution in [0, 0.1) is 12.8 Å². The first kappa shape index (κ1) is 14.9. The zero-order valence-electron chi connectivity index (χ0n) is 13.1. The van der Waals surface area contributed by atoms with Gasteiger partial charge in [0.05, 0.1) is 17.2 Å². The maximum Gasteiger partial charge on any atom is 0.308 e. The average molecular weight is 303 g/mol. The Morgan fingerprint density at radius 2 is 2.09 bits per heavy atom. The first-order valence-electron chi connectivity index (χ1n) is 7.79. The van der Waals surface area contributed by atoms with Crippen molar-refractivity contribution in [3.8, 4) is 0 Å². The van der Waals surface area contributed by atoms with Crippen molar-refractivity contribution in [3.63, 3.8) is 0 Å². The van der Waals surface area contributed by atoms with Crippen molar-refractivity contribution in [2.75, 3.05) is 0 Å². The lowest BCUT2D eigenvalue weighted by Crippen LogP contribution is -2.38. The van der Waals surface area contributed by atoms with Crippen LogP contribution in [0.25, 0.3) is 0 Å². The zero-order chi connectivity index (χ0) is 16.0. The number of carboxylic acid groups (broad SMARTS) is 1. The quantitative estimate of drug-likeness (QED) is 0.923. The van der Waals surface area contributed by atoms with Gasteiger partial charge in [-0.1, -0.05) is 13.8 Å². The number of aromatic nitrogens is 2. The van der Waals surface area contributed by atoms with Crippen LogP contribution in [-0.4, -0.2) is 43.9 Å². The second kappa shape index (κ2) is 5.34. The van der Waals surface area contributed by atoms with Crippen LogP contribution in [0.5, 0.6) is 0 Å². The summed E-state index contributed by atoms with van der Waals surface area (Å²) in [5, 5.41) is 9.32. The zero-order valence-corrected chi connectivity index (χ0v) is 13.1. The third-order valence-electron chi connectivity index (χ3n) is 4.80. The SMILES string of the molecule is Cc1ncc(C(=O)N2C3CCC2C(C(=O)O)C3)c(C(C)C)n1. The molecule has 3 heterocycles. The minimum absolute atomic E-state index is 0.0416. The molecule has 0 spiro atoms. The molecule has 118 valence electrons. The Kier molecular flexibility index (Phi) is 3.62. The molecule has 2 aliphatic rings. The molecule has 0 aliphatic carbocycles. The van der Waals surface area contributed by atoms with E-state index in [2.05, 4.69) is 9.97 Å². The maximum absolute atomic E-state index is 13.0. The summed E-state index contributed by atoms with van der Waals surface area (Å²) in [7, 11) is 0. The fraction of sp³-hybridized carbons (Fsp3) is 0.625. The van der Waals surface area contributed by atoms with Gasteiger partial charge in [0, 0.05) is 18.3 Å². The minimum Gasteiger partial charge on any atom is -0.481 e. The molecule has 0 radical (unpaired) electrons. The van der Waals surface area contributed by atoms with Crippen LogP contribution < -0.4 is 0 Å². The fourth-order valence-electron chi connectivity index (χ4n) is 3.80. The highest BCUT2D eigenvalue weighted by Crippen LogP contribution is 2.42. The number of carboxylic acids is 1. The van der Waals surface area contributed by atoms with Gasteiger partial charge in [-0.2, -0.15) is 0 Å². The lowest BCUT2D eigenvalue weighted by molar-refractivity contribution is -0.142. The van der Waals surface area contributed by atoms with E-state index >= 15 is 0 Å². The molecule has 1 aromatic rings. The first-order valence-corrected chi connectivity index (χ1v) is 7.79.